The molecule has 172 valence electrons. The normalized spacial score (nSPS) is 16.9. The number of benzene rings is 1. The minimum Gasteiger partial charge on any atom is -0.333 e. The zero-order chi connectivity index (χ0) is 23.3. The van der Waals surface area contributed by atoms with Crippen LogP contribution < -0.4 is 0 Å². The molecule has 4 heterocycles. The Hall–Kier alpha value is -3.08. The van der Waals surface area contributed by atoms with Gasteiger partial charge >= 0.3 is 6.18 Å². The molecule has 1 unspecified atom stereocenters. The van der Waals surface area contributed by atoms with E-state index in [1.54, 1.807) is 25.2 Å². The summed E-state index contributed by atoms with van der Waals surface area (Å²) in [4.78, 5) is 27.4. The minimum atomic E-state index is -4.64. The lowest BCUT2D eigenvalue weighted by molar-refractivity contribution is -0.144. The fourth-order valence-corrected chi connectivity index (χ4v) is 5.54. The third kappa shape index (κ3) is 3.94. The Labute approximate surface area is 191 Å². The maximum absolute atomic E-state index is 13.1. The van der Waals surface area contributed by atoms with Crippen molar-refractivity contribution in [3.05, 3.63) is 52.0 Å². The molecule has 1 aliphatic heterocycles. The van der Waals surface area contributed by atoms with Crippen LogP contribution in [0.3, 0.4) is 0 Å². The van der Waals surface area contributed by atoms with Crippen LogP contribution in [0.2, 0.25) is 0 Å². The average molecular weight is 475 g/mol. The van der Waals surface area contributed by atoms with E-state index in [-0.39, 0.29) is 24.1 Å². The van der Waals surface area contributed by atoms with E-state index in [1.807, 2.05) is 29.2 Å². The zero-order valence-electron chi connectivity index (χ0n) is 18.1. The summed E-state index contributed by atoms with van der Waals surface area (Å²) in [5.41, 5.74) is 2.72. The van der Waals surface area contributed by atoms with Gasteiger partial charge in [-0.15, -0.1) is 16.4 Å². The fourth-order valence-electron chi connectivity index (χ4n) is 4.42. The Bertz CT molecular complexity index is 1330. The zero-order valence-corrected chi connectivity index (χ0v) is 18.9. The van der Waals surface area contributed by atoms with Crippen LogP contribution in [0.4, 0.5) is 13.2 Å². The lowest BCUT2D eigenvalue weighted by Gasteiger charge is -2.23. The highest BCUT2D eigenvalue weighted by molar-refractivity contribution is 7.18. The number of nitrogens with zero attached hydrogens (tertiary/aromatic N) is 6. The first kappa shape index (κ1) is 21.7. The summed E-state index contributed by atoms with van der Waals surface area (Å²) < 4.78 is 41.2. The molecule has 0 spiro atoms. The van der Waals surface area contributed by atoms with Crippen LogP contribution in [0, 0.1) is 13.8 Å². The van der Waals surface area contributed by atoms with E-state index >= 15 is 0 Å². The molecule has 0 bridgehead atoms. The molecule has 11 heteroatoms. The Kier molecular flexibility index (Phi) is 5.31. The number of hydrogen-bond donors (Lipinski definition) is 0. The molecule has 7 nitrogen and oxygen atoms in total. The van der Waals surface area contributed by atoms with E-state index in [0.29, 0.717) is 29.9 Å². The van der Waals surface area contributed by atoms with E-state index < -0.39 is 12.0 Å². The first-order valence-electron chi connectivity index (χ1n) is 10.7. The van der Waals surface area contributed by atoms with Crippen molar-refractivity contribution in [3.8, 4) is 0 Å². The minimum absolute atomic E-state index is 0.00484. The Morgan fingerprint density at radius 2 is 1.97 bits per heavy atom. The summed E-state index contributed by atoms with van der Waals surface area (Å²) in [6, 6.07) is 7.89. The predicted molar refractivity (Wildman–Crippen MR) is 117 cm³/mol. The van der Waals surface area contributed by atoms with Crippen molar-refractivity contribution < 1.29 is 18.0 Å². The summed E-state index contributed by atoms with van der Waals surface area (Å²) in [6.07, 6.45) is -2.26. The highest BCUT2D eigenvalue weighted by Crippen LogP contribution is 2.37. The number of thiazole rings is 1. The Morgan fingerprint density at radius 3 is 2.73 bits per heavy atom. The lowest BCUT2D eigenvalue weighted by atomic mass is 10.1. The van der Waals surface area contributed by atoms with Crippen molar-refractivity contribution >= 4 is 33.2 Å². The number of carbonyl (C=O) groups excluding carboxylic acids is 1. The Morgan fingerprint density at radius 1 is 1.18 bits per heavy atom. The monoisotopic (exact) mass is 474 g/mol. The van der Waals surface area contributed by atoms with Crippen LogP contribution in [0.25, 0.3) is 16.0 Å². The van der Waals surface area contributed by atoms with Crippen molar-refractivity contribution in [2.24, 2.45) is 0 Å². The van der Waals surface area contributed by atoms with Crippen molar-refractivity contribution in [3.63, 3.8) is 0 Å². The van der Waals surface area contributed by atoms with Crippen LogP contribution in [0.1, 0.15) is 53.1 Å². The fraction of sp³-hybridized carbons (Fsp3) is 0.409. The summed E-state index contributed by atoms with van der Waals surface area (Å²) in [5, 5.41) is 4.52. The van der Waals surface area contributed by atoms with Gasteiger partial charge in [-0.1, -0.05) is 12.1 Å². The number of likely N-dealkylation sites (tertiary alicyclic amines) is 1. The van der Waals surface area contributed by atoms with Crippen LogP contribution in [0.5, 0.6) is 0 Å². The van der Waals surface area contributed by atoms with Crippen LogP contribution in [0.15, 0.2) is 24.3 Å². The number of rotatable bonds is 4. The van der Waals surface area contributed by atoms with Crippen LogP contribution >= 0.6 is 11.3 Å². The first-order valence-corrected chi connectivity index (χ1v) is 11.5. The van der Waals surface area contributed by atoms with Crippen molar-refractivity contribution in [1.29, 1.82) is 0 Å². The summed E-state index contributed by atoms with van der Waals surface area (Å²) in [7, 11) is 0. The molecule has 0 N–H and O–H groups in total. The van der Waals surface area contributed by atoms with Gasteiger partial charge in [-0.25, -0.2) is 14.5 Å². The van der Waals surface area contributed by atoms with Gasteiger partial charge in [0.2, 0.25) is 5.91 Å². The number of fused-ring (bicyclic) bond motifs is 2. The first-order chi connectivity index (χ1) is 15.7. The third-order valence-corrected chi connectivity index (χ3v) is 7.20. The number of amides is 1. The number of para-hydroxylation sites is 1. The predicted octanol–water partition coefficient (Wildman–Crippen LogP) is 4.67. The molecule has 0 saturated carbocycles. The number of carbonyl (C=O) groups is 1. The molecule has 3 aromatic heterocycles. The molecular weight excluding hydrogens is 453 g/mol. The largest absolute Gasteiger partial charge is 0.453 e. The number of aryl methyl sites for hydroxylation is 2. The second-order valence-corrected chi connectivity index (χ2v) is 9.23. The second kappa shape index (κ2) is 8.05. The highest BCUT2D eigenvalue weighted by atomic mass is 32.1. The summed E-state index contributed by atoms with van der Waals surface area (Å²) in [6.45, 7) is 4.07. The van der Waals surface area contributed by atoms with Gasteiger partial charge in [-0.2, -0.15) is 18.2 Å². The van der Waals surface area contributed by atoms with E-state index in [9.17, 15) is 18.0 Å². The molecule has 33 heavy (non-hydrogen) atoms. The molecule has 0 radical (unpaired) electrons. The van der Waals surface area contributed by atoms with E-state index in [4.69, 9.17) is 4.98 Å². The third-order valence-electron chi connectivity index (χ3n) is 6.06. The maximum Gasteiger partial charge on any atom is 0.453 e. The van der Waals surface area contributed by atoms with Crippen molar-refractivity contribution in [2.45, 2.75) is 51.7 Å². The van der Waals surface area contributed by atoms with Crippen LogP contribution in [-0.2, 0) is 17.4 Å². The summed E-state index contributed by atoms with van der Waals surface area (Å²) >= 11 is 1.62. The smallest absolute Gasteiger partial charge is 0.333 e. The molecule has 4 aromatic rings. The van der Waals surface area contributed by atoms with Gasteiger partial charge in [0.1, 0.15) is 5.01 Å². The molecule has 1 saturated heterocycles. The number of hydrogen-bond acceptors (Lipinski definition) is 6. The van der Waals surface area contributed by atoms with E-state index in [2.05, 4.69) is 15.1 Å². The molecule has 1 amide bonds. The van der Waals surface area contributed by atoms with Gasteiger partial charge < -0.3 is 4.90 Å². The average Bonchev–Trinajstić information content (AvgIpc) is 3.49. The molecule has 1 aliphatic rings. The number of alkyl halides is 3. The SMILES string of the molecule is Cc1nc2nc(C(F)(F)F)nn2c(C)c1CCC(=O)N1CCCC1c1nc2ccccc2s1. The van der Waals surface area contributed by atoms with Crippen molar-refractivity contribution in [2.75, 3.05) is 6.54 Å². The molecular formula is C22H21F3N6OS. The van der Waals surface area contributed by atoms with Gasteiger partial charge in [-0.3, -0.25) is 4.79 Å². The van der Waals surface area contributed by atoms with Gasteiger partial charge in [0, 0.05) is 24.4 Å². The molecule has 1 aromatic carbocycles. The van der Waals surface area contributed by atoms with E-state index in [0.717, 1.165) is 32.6 Å². The van der Waals surface area contributed by atoms with Gasteiger partial charge in [-0.05, 0) is 50.8 Å². The number of aromatic nitrogens is 5. The molecule has 5 rings (SSSR count). The van der Waals surface area contributed by atoms with Crippen LogP contribution in [-0.4, -0.2) is 41.9 Å². The van der Waals surface area contributed by atoms with Crippen molar-refractivity contribution in [1.82, 2.24) is 29.5 Å². The lowest BCUT2D eigenvalue weighted by Crippen LogP contribution is -2.30. The van der Waals surface area contributed by atoms with Gasteiger partial charge in [0.05, 0.1) is 16.3 Å². The quantitative estimate of drug-likeness (QED) is 0.430. The maximum atomic E-state index is 13.1. The van der Waals surface area contributed by atoms with Gasteiger partial charge in [0.15, 0.2) is 0 Å². The molecule has 1 atom stereocenters. The Balaban J connectivity index is 1.36. The number of halogens is 3. The summed E-state index contributed by atoms with van der Waals surface area (Å²) in [5.74, 6) is -1.31. The van der Waals surface area contributed by atoms with Gasteiger partial charge in [0.25, 0.3) is 11.6 Å². The second-order valence-electron chi connectivity index (χ2n) is 8.17. The highest BCUT2D eigenvalue weighted by Gasteiger charge is 2.37. The standard InChI is InChI=1S/C22H21F3N6OS/c1-12-14(13(2)31-21(26-12)28-20(29-31)22(23,24)25)9-10-18(32)30-11-5-7-16(30)19-27-15-6-3-4-8-17(15)33-19/h3-4,6,8,16H,5,7,9-11H2,1-2H3. The van der Waals surface area contributed by atoms with E-state index in [1.165, 1.54) is 0 Å². The topological polar surface area (TPSA) is 76.3 Å². The molecule has 1 fully saturated rings. The molecule has 0 aliphatic carbocycles.